The summed E-state index contributed by atoms with van der Waals surface area (Å²) in [6, 6.07) is 0. The molecule has 0 bridgehead atoms. The second kappa shape index (κ2) is 7.96. The van der Waals surface area contributed by atoms with Crippen LogP contribution in [0, 0.1) is 5.92 Å². The Kier molecular flexibility index (Phi) is 6.23. The van der Waals surface area contributed by atoms with Crippen LogP contribution in [-0.4, -0.2) is 67.1 Å². The number of hydrogen-bond acceptors (Lipinski definition) is 4. The van der Waals surface area contributed by atoms with E-state index in [9.17, 15) is 22.8 Å². The normalized spacial score (nSPS) is 20.7. The van der Waals surface area contributed by atoms with Gasteiger partial charge in [0.15, 0.2) is 0 Å². The van der Waals surface area contributed by atoms with Crippen LogP contribution in [0.3, 0.4) is 0 Å². The van der Waals surface area contributed by atoms with Gasteiger partial charge in [0.25, 0.3) is 0 Å². The van der Waals surface area contributed by atoms with Gasteiger partial charge in [0.05, 0.1) is 6.61 Å². The van der Waals surface area contributed by atoms with Crippen molar-refractivity contribution in [1.29, 1.82) is 0 Å². The van der Waals surface area contributed by atoms with Crippen LogP contribution in [0.2, 0.25) is 0 Å². The zero-order chi connectivity index (χ0) is 16.9. The molecule has 2 saturated heterocycles. The fourth-order valence-electron chi connectivity index (χ4n) is 2.91. The summed E-state index contributed by atoms with van der Waals surface area (Å²) in [5, 5.41) is 0. The van der Waals surface area contributed by atoms with E-state index in [1.165, 1.54) is 12.8 Å². The molecule has 0 atom stereocenters. The maximum atomic E-state index is 12.3. The number of halogens is 3. The lowest BCUT2D eigenvalue weighted by Crippen LogP contribution is -2.47. The molecule has 9 heteroatoms. The highest BCUT2D eigenvalue weighted by Crippen LogP contribution is 2.23. The molecule has 0 unspecified atom stereocenters. The summed E-state index contributed by atoms with van der Waals surface area (Å²) >= 11 is 0. The van der Waals surface area contributed by atoms with Crippen LogP contribution in [0.4, 0.5) is 13.2 Å². The summed E-state index contributed by atoms with van der Waals surface area (Å²) < 4.78 is 37.0. The molecule has 0 spiro atoms. The van der Waals surface area contributed by atoms with Crippen molar-refractivity contribution in [1.82, 2.24) is 15.3 Å². The van der Waals surface area contributed by atoms with Crippen molar-refractivity contribution in [3.8, 4) is 0 Å². The lowest BCUT2D eigenvalue weighted by molar-refractivity contribution is -0.187. The lowest BCUT2D eigenvalue weighted by atomic mass is 9.96. The quantitative estimate of drug-likeness (QED) is 0.599. The van der Waals surface area contributed by atoms with Gasteiger partial charge in [0.1, 0.15) is 0 Å². The Morgan fingerprint density at radius 2 is 1.70 bits per heavy atom. The summed E-state index contributed by atoms with van der Waals surface area (Å²) in [5.74, 6) is -2.58. The van der Waals surface area contributed by atoms with Gasteiger partial charge < -0.3 is 9.80 Å². The van der Waals surface area contributed by atoms with Gasteiger partial charge in [-0.25, -0.2) is 5.48 Å². The van der Waals surface area contributed by atoms with Crippen molar-refractivity contribution in [2.24, 2.45) is 5.92 Å². The number of rotatable bonds is 5. The van der Waals surface area contributed by atoms with E-state index >= 15 is 0 Å². The minimum Gasteiger partial charge on any atom is -0.335 e. The molecule has 2 fully saturated rings. The number of amides is 2. The molecule has 0 aliphatic carbocycles. The average Bonchev–Trinajstić information content (AvgIpc) is 3.03. The Labute approximate surface area is 132 Å². The van der Waals surface area contributed by atoms with Crippen molar-refractivity contribution in [3.05, 3.63) is 0 Å². The van der Waals surface area contributed by atoms with Crippen LogP contribution in [0.25, 0.3) is 0 Å². The van der Waals surface area contributed by atoms with Gasteiger partial charge in [-0.05, 0) is 38.8 Å². The van der Waals surface area contributed by atoms with Gasteiger partial charge in [-0.1, -0.05) is 0 Å². The van der Waals surface area contributed by atoms with Gasteiger partial charge >= 0.3 is 12.1 Å². The molecule has 132 valence electrons. The second-order valence-corrected chi connectivity index (χ2v) is 5.93. The van der Waals surface area contributed by atoms with E-state index in [-0.39, 0.29) is 31.8 Å². The molecule has 2 aliphatic rings. The maximum Gasteiger partial charge on any atom is 0.471 e. The van der Waals surface area contributed by atoms with E-state index in [0.29, 0.717) is 6.61 Å². The van der Waals surface area contributed by atoms with Crippen molar-refractivity contribution in [3.63, 3.8) is 0 Å². The van der Waals surface area contributed by atoms with E-state index in [0.717, 1.165) is 24.5 Å². The summed E-state index contributed by atoms with van der Waals surface area (Å²) in [6.07, 6.45) is -2.07. The summed E-state index contributed by atoms with van der Waals surface area (Å²) in [7, 11) is 0. The van der Waals surface area contributed by atoms with Crippen LogP contribution in [-0.2, 0) is 14.4 Å². The molecule has 0 radical (unpaired) electrons. The van der Waals surface area contributed by atoms with Crippen LogP contribution in [0.1, 0.15) is 25.7 Å². The third-order valence-electron chi connectivity index (χ3n) is 4.28. The van der Waals surface area contributed by atoms with Crippen molar-refractivity contribution in [2.45, 2.75) is 31.9 Å². The third kappa shape index (κ3) is 5.35. The molecule has 6 nitrogen and oxygen atoms in total. The summed E-state index contributed by atoms with van der Waals surface area (Å²) in [5.41, 5.74) is 2.36. The predicted molar refractivity (Wildman–Crippen MR) is 75.1 cm³/mol. The zero-order valence-electron chi connectivity index (χ0n) is 12.9. The highest BCUT2D eigenvalue weighted by atomic mass is 19.4. The van der Waals surface area contributed by atoms with Crippen LogP contribution < -0.4 is 5.48 Å². The number of alkyl halides is 3. The fourth-order valence-corrected chi connectivity index (χ4v) is 2.91. The molecule has 1 N–H and O–H groups in total. The number of hydroxylamine groups is 1. The first kappa shape index (κ1) is 18.0. The van der Waals surface area contributed by atoms with Crippen molar-refractivity contribution < 1.29 is 27.6 Å². The number of carbonyl (C=O) groups is 2. The molecular weight excluding hydrogens is 315 g/mol. The number of hydrogen-bond donors (Lipinski definition) is 1. The first-order valence-corrected chi connectivity index (χ1v) is 7.88. The topological polar surface area (TPSA) is 61.9 Å². The van der Waals surface area contributed by atoms with E-state index in [1.54, 1.807) is 0 Å². The smallest absolute Gasteiger partial charge is 0.335 e. The Balaban J connectivity index is 1.62. The zero-order valence-corrected chi connectivity index (χ0v) is 12.9. The van der Waals surface area contributed by atoms with Gasteiger partial charge in [-0.15, -0.1) is 0 Å². The van der Waals surface area contributed by atoms with Gasteiger partial charge in [0, 0.05) is 25.6 Å². The minimum absolute atomic E-state index is 0.0653. The number of nitrogens with one attached hydrogen (secondary N) is 1. The van der Waals surface area contributed by atoms with E-state index < -0.39 is 18.0 Å². The molecule has 2 rings (SSSR count). The van der Waals surface area contributed by atoms with Crippen molar-refractivity contribution in [2.75, 3.05) is 39.3 Å². The Bertz CT molecular complexity index is 417. The highest BCUT2D eigenvalue weighted by Gasteiger charge is 2.43. The van der Waals surface area contributed by atoms with Crippen LogP contribution in [0.15, 0.2) is 0 Å². The first-order valence-electron chi connectivity index (χ1n) is 7.88. The molecule has 2 heterocycles. The van der Waals surface area contributed by atoms with Gasteiger partial charge in [0.2, 0.25) is 5.91 Å². The van der Waals surface area contributed by atoms with E-state index in [4.69, 9.17) is 4.84 Å². The number of piperidine rings is 1. The molecule has 0 aromatic rings. The van der Waals surface area contributed by atoms with Gasteiger partial charge in [-0.3, -0.25) is 14.4 Å². The Morgan fingerprint density at radius 3 is 2.26 bits per heavy atom. The number of nitrogens with zero attached hydrogens (tertiary/aromatic N) is 2. The Morgan fingerprint density at radius 1 is 1.09 bits per heavy atom. The molecule has 0 aromatic heterocycles. The SMILES string of the molecule is O=C(NOCCN1CCCC1)C1CCN(C(=O)C(F)(F)F)CC1. The number of likely N-dealkylation sites (tertiary alicyclic amines) is 2. The standard InChI is InChI=1S/C14H22F3N3O3/c15-14(16,17)13(22)20-7-3-11(4-8-20)12(21)18-23-10-9-19-5-1-2-6-19/h11H,1-10H2,(H,18,21). The van der Waals surface area contributed by atoms with Crippen molar-refractivity contribution >= 4 is 11.8 Å². The highest BCUT2D eigenvalue weighted by molar-refractivity contribution is 5.82. The first-order chi connectivity index (χ1) is 10.9. The molecule has 23 heavy (non-hydrogen) atoms. The summed E-state index contributed by atoms with van der Waals surface area (Å²) in [6.45, 7) is 3.09. The summed E-state index contributed by atoms with van der Waals surface area (Å²) in [4.78, 5) is 31.1. The Hall–Kier alpha value is -1.35. The predicted octanol–water partition coefficient (Wildman–Crippen LogP) is 0.931. The average molecular weight is 337 g/mol. The fraction of sp³-hybridized carbons (Fsp3) is 0.857. The molecule has 2 aliphatic heterocycles. The second-order valence-electron chi connectivity index (χ2n) is 5.93. The van der Waals surface area contributed by atoms with Crippen LogP contribution >= 0.6 is 0 Å². The maximum absolute atomic E-state index is 12.3. The molecular formula is C14H22F3N3O3. The van der Waals surface area contributed by atoms with E-state index in [2.05, 4.69) is 10.4 Å². The monoisotopic (exact) mass is 337 g/mol. The number of carbonyl (C=O) groups excluding carboxylic acids is 2. The third-order valence-corrected chi connectivity index (χ3v) is 4.28. The molecule has 0 aromatic carbocycles. The largest absolute Gasteiger partial charge is 0.471 e. The van der Waals surface area contributed by atoms with E-state index in [1.807, 2.05) is 0 Å². The lowest BCUT2D eigenvalue weighted by Gasteiger charge is -2.31. The van der Waals surface area contributed by atoms with Crippen LogP contribution in [0.5, 0.6) is 0 Å². The minimum atomic E-state index is -4.85. The molecule has 0 saturated carbocycles. The molecule has 2 amide bonds. The van der Waals surface area contributed by atoms with Gasteiger partial charge in [-0.2, -0.15) is 13.2 Å².